The van der Waals surface area contributed by atoms with Crippen LogP contribution < -0.4 is 15.0 Å². The Morgan fingerprint density at radius 1 is 0.823 bits per heavy atom. The number of ether oxygens (including phenoxy) is 2. The Labute approximate surface area is 368 Å². The number of rotatable bonds is 6. The fourth-order valence-electron chi connectivity index (χ4n) is 12.3. The van der Waals surface area contributed by atoms with E-state index in [-0.39, 0.29) is 41.7 Å². The number of nitrogens with zero attached hydrogens (tertiary/aromatic N) is 3. The van der Waals surface area contributed by atoms with Crippen molar-refractivity contribution >= 4 is 35.0 Å². The Balaban J connectivity index is 0.684. The van der Waals surface area contributed by atoms with Crippen LogP contribution >= 0.6 is 11.6 Å². The number of nitrogens with one attached hydrogen (secondary N) is 1. The van der Waals surface area contributed by atoms with Crippen LogP contribution in [0, 0.1) is 5.92 Å². The number of hydrogen-bond donors (Lipinski definition) is 2. The summed E-state index contributed by atoms with van der Waals surface area (Å²) in [6, 6.07) is 27.4. The average Bonchev–Trinajstić information content (AvgIpc) is 3.82. The highest BCUT2D eigenvalue weighted by Gasteiger charge is 2.49. The van der Waals surface area contributed by atoms with Crippen LogP contribution in [0.2, 0.25) is 5.02 Å². The Kier molecular flexibility index (Phi) is 10.1. The van der Waals surface area contributed by atoms with Gasteiger partial charge in [0.25, 0.3) is 5.91 Å². The minimum atomic E-state index is -0.688. The molecule has 4 saturated heterocycles. The molecular formula is C51H55ClN4O6. The second kappa shape index (κ2) is 15.7. The summed E-state index contributed by atoms with van der Waals surface area (Å²) in [5.74, 6) is 1.28. The Morgan fingerprint density at radius 3 is 2.35 bits per heavy atom. The molecule has 4 aromatic rings. The predicted octanol–water partition coefficient (Wildman–Crippen LogP) is 7.86. The van der Waals surface area contributed by atoms with Crippen molar-refractivity contribution in [1.82, 2.24) is 15.1 Å². The number of piperidine rings is 3. The van der Waals surface area contributed by atoms with Crippen molar-refractivity contribution in [2.45, 2.75) is 99.6 Å². The zero-order valence-electron chi connectivity index (χ0n) is 35.3. The lowest BCUT2D eigenvalue weighted by molar-refractivity contribution is -0.136. The molecule has 0 bridgehead atoms. The molecule has 3 amide bonds. The van der Waals surface area contributed by atoms with E-state index in [0.29, 0.717) is 41.2 Å². The number of hydrogen-bond acceptors (Lipinski definition) is 8. The van der Waals surface area contributed by atoms with Gasteiger partial charge >= 0.3 is 0 Å². The summed E-state index contributed by atoms with van der Waals surface area (Å²) in [4.78, 5) is 44.7. The minimum absolute atomic E-state index is 0.0290. The van der Waals surface area contributed by atoms with Crippen LogP contribution in [0.15, 0.2) is 78.9 Å². The van der Waals surface area contributed by atoms with Crippen molar-refractivity contribution in [3.05, 3.63) is 123 Å². The van der Waals surface area contributed by atoms with E-state index in [1.54, 1.807) is 4.90 Å². The topological polar surface area (TPSA) is 112 Å². The first kappa shape index (κ1) is 39.9. The number of imide groups is 1. The van der Waals surface area contributed by atoms with Gasteiger partial charge in [-0.1, -0.05) is 60.1 Å². The van der Waals surface area contributed by atoms with E-state index in [0.717, 1.165) is 101 Å². The van der Waals surface area contributed by atoms with Gasteiger partial charge in [-0.2, -0.15) is 0 Å². The second-order valence-electron chi connectivity index (χ2n) is 19.3. The molecule has 4 fully saturated rings. The van der Waals surface area contributed by atoms with Gasteiger partial charge in [0, 0.05) is 54.2 Å². The molecule has 11 rings (SSSR count). The van der Waals surface area contributed by atoms with Gasteiger partial charge in [-0.15, -0.1) is 0 Å². The lowest BCUT2D eigenvalue weighted by atomic mass is 9.69. The van der Waals surface area contributed by atoms with Crippen molar-refractivity contribution in [3.63, 3.8) is 0 Å². The normalized spacial score (nSPS) is 26.6. The van der Waals surface area contributed by atoms with Crippen LogP contribution in [0.5, 0.6) is 11.5 Å². The van der Waals surface area contributed by atoms with Gasteiger partial charge in [-0.05, 0) is 135 Å². The maximum absolute atomic E-state index is 13.5. The summed E-state index contributed by atoms with van der Waals surface area (Å²) in [6.07, 6.45) is 8.87. The van der Waals surface area contributed by atoms with E-state index < -0.39 is 11.9 Å². The maximum Gasteiger partial charge on any atom is 0.256 e. The van der Waals surface area contributed by atoms with Gasteiger partial charge in [0.1, 0.15) is 17.5 Å². The molecule has 322 valence electrons. The molecule has 0 radical (unpaired) electrons. The summed E-state index contributed by atoms with van der Waals surface area (Å²) < 4.78 is 13.3. The van der Waals surface area contributed by atoms with Crippen molar-refractivity contribution in [2.24, 2.45) is 5.92 Å². The molecule has 0 saturated carbocycles. The maximum atomic E-state index is 13.5. The third-order valence-electron chi connectivity index (χ3n) is 15.9. The van der Waals surface area contributed by atoms with E-state index in [9.17, 15) is 19.5 Å². The largest absolute Gasteiger partial charge is 0.508 e. The lowest BCUT2D eigenvalue weighted by Crippen LogP contribution is -2.52. The van der Waals surface area contributed by atoms with Crippen LogP contribution in [-0.2, 0) is 32.7 Å². The fraction of sp³-hybridized carbons (Fsp3) is 0.471. The third kappa shape index (κ3) is 6.97. The number of fused-ring (bicyclic) bond motifs is 5. The molecule has 10 nitrogen and oxygen atoms in total. The number of benzene rings is 4. The highest BCUT2D eigenvalue weighted by Crippen LogP contribution is 2.52. The number of amides is 3. The predicted molar refractivity (Wildman–Crippen MR) is 237 cm³/mol. The van der Waals surface area contributed by atoms with Gasteiger partial charge in [-0.3, -0.25) is 19.7 Å². The van der Waals surface area contributed by atoms with E-state index in [1.165, 1.54) is 34.4 Å². The van der Waals surface area contributed by atoms with Gasteiger partial charge in [0.05, 0.1) is 35.9 Å². The summed E-state index contributed by atoms with van der Waals surface area (Å²) >= 11 is 6.85. The molecule has 1 aliphatic carbocycles. The number of aryl methyl sites for hydroxylation is 1. The van der Waals surface area contributed by atoms with Crippen LogP contribution in [0.4, 0.5) is 5.69 Å². The quantitative estimate of drug-likeness (QED) is 0.189. The lowest BCUT2D eigenvalue weighted by Gasteiger charge is -2.47. The van der Waals surface area contributed by atoms with Gasteiger partial charge < -0.3 is 29.3 Å². The van der Waals surface area contributed by atoms with Crippen LogP contribution in [0.3, 0.4) is 0 Å². The van der Waals surface area contributed by atoms with E-state index in [4.69, 9.17) is 21.1 Å². The van der Waals surface area contributed by atoms with Crippen LogP contribution in [0.1, 0.15) is 113 Å². The molecule has 62 heavy (non-hydrogen) atoms. The SMILES string of the molecule is O=C1CC[C@H](N2Cc3c4c(cc(Cl)c3C2=O)C2(CCN(C[C@H]3CCC5(CCN(c6ccc([C@@H]7c8ccc(O)cc8CC[C@@H]7c7ccccc7)cc6)CC5)OC3)CC2)CO4)C(=O)N1. The second-order valence-corrected chi connectivity index (χ2v) is 19.7. The molecule has 7 aliphatic rings. The molecule has 6 heterocycles. The first-order chi connectivity index (χ1) is 30.2. The highest BCUT2D eigenvalue weighted by atomic mass is 35.5. The Morgan fingerprint density at radius 2 is 1.61 bits per heavy atom. The number of anilines is 1. The number of carbonyl (C=O) groups is 3. The Bertz CT molecular complexity index is 2400. The fourth-order valence-corrected chi connectivity index (χ4v) is 12.6. The third-order valence-corrected chi connectivity index (χ3v) is 16.2. The van der Waals surface area contributed by atoms with E-state index in [2.05, 4.69) is 75.8 Å². The first-order valence-electron chi connectivity index (χ1n) is 22.9. The van der Waals surface area contributed by atoms with Gasteiger partial charge in [0.15, 0.2) is 0 Å². The first-order valence-corrected chi connectivity index (χ1v) is 23.2. The van der Waals surface area contributed by atoms with Crippen molar-refractivity contribution in [1.29, 1.82) is 0 Å². The van der Waals surface area contributed by atoms with E-state index >= 15 is 0 Å². The highest BCUT2D eigenvalue weighted by molar-refractivity contribution is 6.34. The number of halogens is 1. The monoisotopic (exact) mass is 854 g/mol. The minimum Gasteiger partial charge on any atom is -0.508 e. The van der Waals surface area contributed by atoms with Crippen molar-refractivity contribution in [2.75, 3.05) is 50.8 Å². The number of phenolic OH excluding ortho intramolecular Hbond substituents is 1. The zero-order chi connectivity index (χ0) is 42.2. The number of likely N-dealkylation sites (tertiary alicyclic amines) is 1. The molecule has 0 unspecified atom stereocenters. The van der Waals surface area contributed by atoms with Gasteiger partial charge in [0.2, 0.25) is 11.8 Å². The smallest absolute Gasteiger partial charge is 0.256 e. The summed E-state index contributed by atoms with van der Waals surface area (Å²) in [6.45, 7) is 6.62. The summed E-state index contributed by atoms with van der Waals surface area (Å²) in [7, 11) is 0. The zero-order valence-corrected chi connectivity index (χ0v) is 36.0. The summed E-state index contributed by atoms with van der Waals surface area (Å²) in [5, 5.41) is 13.1. The number of carbonyl (C=O) groups excluding carboxylic acids is 3. The Hall–Kier alpha value is -4.90. The van der Waals surface area contributed by atoms with Gasteiger partial charge in [-0.25, -0.2) is 0 Å². The van der Waals surface area contributed by atoms with Crippen molar-refractivity contribution in [3.8, 4) is 11.5 Å². The molecule has 6 aliphatic heterocycles. The number of aromatic hydroxyl groups is 1. The summed E-state index contributed by atoms with van der Waals surface area (Å²) in [5.41, 5.74) is 8.71. The van der Waals surface area contributed by atoms with Crippen LogP contribution in [-0.4, -0.2) is 90.2 Å². The molecule has 0 aromatic heterocycles. The molecule has 11 heteroatoms. The molecule has 4 aromatic carbocycles. The molecule has 2 N–H and O–H groups in total. The van der Waals surface area contributed by atoms with E-state index in [1.807, 2.05) is 18.2 Å². The van der Waals surface area contributed by atoms with Crippen LogP contribution in [0.25, 0.3) is 0 Å². The average molecular weight is 855 g/mol. The molecule has 4 atom stereocenters. The molecular weight excluding hydrogens is 800 g/mol. The van der Waals surface area contributed by atoms with Crippen molar-refractivity contribution < 1.29 is 29.0 Å². The molecule has 2 spiro atoms. The standard InChI is InChI=1S/C51H55ClN4O6/c52-42-27-41-47(40-29-56(49(60)46(40)42)43-14-15-44(58)53-48(43)59)61-31-50(41)18-22-54(23-19-50)28-32-16-17-51(62-30-32)20-24-55(25-21-51)36-9-6-34(7-10-36)45-38(33-4-2-1-3-5-33)12-8-35-26-37(57)11-13-39(35)45/h1-7,9-11,13,26-27,32,38,43,45,57H,8,12,14-25,28-31H2,(H,53,58,59)/t32-,38-,43+,45+/m1/s1. The number of phenols is 1.